The second-order valence-electron chi connectivity index (χ2n) is 5.10. The molecule has 0 aliphatic carbocycles. The highest BCUT2D eigenvalue weighted by atomic mass is 35.5. The Hall–Kier alpha value is -0.980. The molecule has 0 saturated heterocycles. The quantitative estimate of drug-likeness (QED) is 0.524. The molecule has 2 aromatic rings. The molecule has 0 N–H and O–H groups in total. The lowest BCUT2D eigenvalue weighted by molar-refractivity contribution is 0.640. The molecule has 2 rings (SSSR count). The summed E-state index contributed by atoms with van der Waals surface area (Å²) in [4.78, 5) is 0. The van der Waals surface area contributed by atoms with Crippen LogP contribution >= 0.6 is 23.2 Å². The van der Waals surface area contributed by atoms with Crippen molar-refractivity contribution in [1.82, 2.24) is 0 Å². The summed E-state index contributed by atoms with van der Waals surface area (Å²) < 4.78 is 0. The van der Waals surface area contributed by atoms with Gasteiger partial charge in [-0.2, -0.15) is 0 Å². The summed E-state index contributed by atoms with van der Waals surface area (Å²) in [5.74, 6) is 0. The predicted molar refractivity (Wildman–Crippen MR) is 88.8 cm³/mol. The molecule has 2 heteroatoms. The Kier molecular flexibility index (Phi) is 6.42. The highest BCUT2D eigenvalue weighted by Crippen LogP contribution is 2.20. The molecule has 0 bridgehead atoms. The fraction of sp³-hybridized carbons (Fsp3) is 0.333. The summed E-state index contributed by atoms with van der Waals surface area (Å²) in [6.07, 6.45) is 7.04. The van der Waals surface area contributed by atoms with E-state index < -0.39 is 0 Å². The number of hydrogen-bond donors (Lipinski definition) is 0. The smallest absolute Gasteiger partial charge is 0.0437 e. The van der Waals surface area contributed by atoms with Gasteiger partial charge in [0.15, 0.2) is 0 Å². The van der Waals surface area contributed by atoms with E-state index in [2.05, 4.69) is 24.3 Å². The van der Waals surface area contributed by atoms with Gasteiger partial charge in [0.25, 0.3) is 0 Å². The predicted octanol–water partition coefficient (Wildman–Crippen LogP) is 6.34. The van der Waals surface area contributed by atoms with Gasteiger partial charge in [-0.05, 0) is 48.9 Å². The lowest BCUT2D eigenvalue weighted by Gasteiger charge is -2.05. The van der Waals surface area contributed by atoms with Crippen LogP contribution in [-0.2, 0) is 12.8 Å². The molecule has 0 amide bonds. The first kappa shape index (κ1) is 15.4. The highest BCUT2D eigenvalue weighted by Gasteiger charge is 2.00. The topological polar surface area (TPSA) is 0 Å². The SMILES string of the molecule is Clc1ccccc1CCCCCCc1ccccc1Cl. The molecule has 20 heavy (non-hydrogen) atoms. The van der Waals surface area contributed by atoms with E-state index in [1.165, 1.54) is 36.8 Å². The second kappa shape index (κ2) is 8.34. The molecule has 0 saturated carbocycles. The molecule has 0 aliphatic rings. The standard InChI is InChI=1S/C18H20Cl2/c19-17-13-7-5-11-15(17)9-3-1-2-4-10-16-12-6-8-14-18(16)20/h5-8,11-14H,1-4,9-10H2. The summed E-state index contributed by atoms with van der Waals surface area (Å²) in [6.45, 7) is 0. The Morgan fingerprint density at radius 1 is 0.550 bits per heavy atom. The second-order valence-corrected chi connectivity index (χ2v) is 5.91. The van der Waals surface area contributed by atoms with Crippen molar-refractivity contribution in [3.05, 3.63) is 69.7 Å². The molecule has 0 atom stereocenters. The number of unbranched alkanes of at least 4 members (excludes halogenated alkanes) is 3. The van der Waals surface area contributed by atoms with Gasteiger partial charge in [0, 0.05) is 10.0 Å². The number of rotatable bonds is 7. The van der Waals surface area contributed by atoms with Crippen LogP contribution in [0.5, 0.6) is 0 Å². The zero-order chi connectivity index (χ0) is 14.2. The van der Waals surface area contributed by atoms with Crippen LogP contribution in [0.2, 0.25) is 10.0 Å². The van der Waals surface area contributed by atoms with Crippen molar-refractivity contribution in [2.45, 2.75) is 38.5 Å². The number of halogens is 2. The lowest BCUT2D eigenvalue weighted by Crippen LogP contribution is -1.89. The molecule has 0 radical (unpaired) electrons. The molecular weight excluding hydrogens is 287 g/mol. The van der Waals surface area contributed by atoms with E-state index in [1.807, 2.05) is 24.3 Å². The molecule has 0 nitrogen and oxygen atoms in total. The summed E-state index contributed by atoms with van der Waals surface area (Å²) >= 11 is 12.3. The van der Waals surface area contributed by atoms with E-state index in [9.17, 15) is 0 Å². The van der Waals surface area contributed by atoms with Gasteiger partial charge in [0.1, 0.15) is 0 Å². The van der Waals surface area contributed by atoms with E-state index in [4.69, 9.17) is 23.2 Å². The van der Waals surface area contributed by atoms with Gasteiger partial charge in [0.05, 0.1) is 0 Å². The van der Waals surface area contributed by atoms with Crippen LogP contribution in [0.15, 0.2) is 48.5 Å². The van der Waals surface area contributed by atoms with Crippen LogP contribution < -0.4 is 0 Å². The minimum absolute atomic E-state index is 0.892. The fourth-order valence-electron chi connectivity index (χ4n) is 2.39. The van der Waals surface area contributed by atoms with E-state index >= 15 is 0 Å². The van der Waals surface area contributed by atoms with E-state index in [0.717, 1.165) is 22.9 Å². The third kappa shape index (κ3) is 4.85. The normalized spacial score (nSPS) is 10.7. The van der Waals surface area contributed by atoms with Crippen molar-refractivity contribution in [3.8, 4) is 0 Å². The fourth-order valence-corrected chi connectivity index (χ4v) is 2.85. The zero-order valence-corrected chi connectivity index (χ0v) is 13.1. The van der Waals surface area contributed by atoms with Crippen molar-refractivity contribution in [2.24, 2.45) is 0 Å². The van der Waals surface area contributed by atoms with Crippen molar-refractivity contribution in [3.63, 3.8) is 0 Å². The largest absolute Gasteiger partial charge is 0.0840 e. The third-order valence-electron chi connectivity index (χ3n) is 3.56. The zero-order valence-electron chi connectivity index (χ0n) is 11.6. The van der Waals surface area contributed by atoms with Gasteiger partial charge in [-0.1, -0.05) is 72.4 Å². The molecule has 0 heterocycles. The third-order valence-corrected chi connectivity index (χ3v) is 4.30. The van der Waals surface area contributed by atoms with Crippen LogP contribution in [-0.4, -0.2) is 0 Å². The van der Waals surface area contributed by atoms with Crippen LogP contribution in [0.1, 0.15) is 36.8 Å². The maximum Gasteiger partial charge on any atom is 0.0437 e. The molecule has 0 spiro atoms. The molecule has 2 aromatic carbocycles. The minimum Gasteiger partial charge on any atom is -0.0840 e. The first-order valence-corrected chi connectivity index (χ1v) is 8.00. The van der Waals surface area contributed by atoms with Crippen molar-refractivity contribution >= 4 is 23.2 Å². The minimum atomic E-state index is 0.892. The molecule has 0 aliphatic heterocycles. The summed E-state index contributed by atoms with van der Waals surface area (Å²) in [6, 6.07) is 16.2. The Labute approximate surface area is 131 Å². The van der Waals surface area contributed by atoms with Gasteiger partial charge in [-0.25, -0.2) is 0 Å². The van der Waals surface area contributed by atoms with Gasteiger partial charge >= 0.3 is 0 Å². The van der Waals surface area contributed by atoms with Gasteiger partial charge in [0.2, 0.25) is 0 Å². The number of aryl methyl sites for hydroxylation is 2. The summed E-state index contributed by atoms with van der Waals surface area (Å²) in [7, 11) is 0. The average molecular weight is 307 g/mol. The van der Waals surface area contributed by atoms with Crippen LogP contribution in [0.25, 0.3) is 0 Å². The Morgan fingerprint density at radius 3 is 1.35 bits per heavy atom. The monoisotopic (exact) mass is 306 g/mol. The maximum absolute atomic E-state index is 6.15. The summed E-state index contributed by atoms with van der Waals surface area (Å²) in [5.41, 5.74) is 2.53. The number of benzene rings is 2. The van der Waals surface area contributed by atoms with E-state index in [-0.39, 0.29) is 0 Å². The van der Waals surface area contributed by atoms with Crippen molar-refractivity contribution < 1.29 is 0 Å². The highest BCUT2D eigenvalue weighted by molar-refractivity contribution is 6.31. The van der Waals surface area contributed by atoms with Gasteiger partial charge in [-0.15, -0.1) is 0 Å². The number of hydrogen-bond acceptors (Lipinski definition) is 0. The molecule has 106 valence electrons. The van der Waals surface area contributed by atoms with E-state index in [1.54, 1.807) is 0 Å². The Morgan fingerprint density at radius 2 is 0.950 bits per heavy atom. The first-order valence-electron chi connectivity index (χ1n) is 7.24. The molecule has 0 aromatic heterocycles. The van der Waals surface area contributed by atoms with Crippen molar-refractivity contribution in [1.29, 1.82) is 0 Å². The molecule has 0 fully saturated rings. The lowest BCUT2D eigenvalue weighted by atomic mass is 10.0. The molecular formula is C18H20Cl2. The Balaban J connectivity index is 1.63. The van der Waals surface area contributed by atoms with Gasteiger partial charge < -0.3 is 0 Å². The van der Waals surface area contributed by atoms with Crippen molar-refractivity contribution in [2.75, 3.05) is 0 Å². The van der Waals surface area contributed by atoms with Crippen LogP contribution in [0, 0.1) is 0 Å². The van der Waals surface area contributed by atoms with Gasteiger partial charge in [-0.3, -0.25) is 0 Å². The first-order chi connectivity index (χ1) is 9.77. The maximum atomic E-state index is 6.15. The Bertz CT molecular complexity index is 485. The van der Waals surface area contributed by atoms with Crippen LogP contribution in [0.4, 0.5) is 0 Å². The van der Waals surface area contributed by atoms with E-state index in [0.29, 0.717) is 0 Å². The summed E-state index contributed by atoms with van der Waals surface area (Å²) in [5, 5.41) is 1.78. The average Bonchev–Trinajstić information content (AvgIpc) is 2.46. The van der Waals surface area contributed by atoms with Crippen LogP contribution in [0.3, 0.4) is 0 Å². The molecule has 0 unspecified atom stereocenters.